The first-order valence-corrected chi connectivity index (χ1v) is 9.89. The number of ether oxygens (including phenoxy) is 1. The number of nitrogens with one attached hydrogen (secondary N) is 1. The molecule has 0 bridgehead atoms. The molecule has 5 nitrogen and oxygen atoms in total. The van der Waals surface area contributed by atoms with Crippen molar-refractivity contribution in [3.8, 4) is 10.6 Å². The van der Waals surface area contributed by atoms with E-state index in [4.69, 9.17) is 4.74 Å². The maximum absolute atomic E-state index is 13.1. The van der Waals surface area contributed by atoms with Crippen molar-refractivity contribution in [1.29, 1.82) is 0 Å². The number of hydrogen-bond donors (Lipinski definition) is 1. The summed E-state index contributed by atoms with van der Waals surface area (Å²) in [5, 5.41) is 3.41. The van der Waals surface area contributed by atoms with Crippen molar-refractivity contribution in [2.75, 3.05) is 5.32 Å². The van der Waals surface area contributed by atoms with Crippen LogP contribution in [0.2, 0.25) is 0 Å². The molecule has 7 heteroatoms. The summed E-state index contributed by atoms with van der Waals surface area (Å²) in [7, 11) is 0. The second kappa shape index (κ2) is 8.53. The molecule has 3 rings (SSSR count). The van der Waals surface area contributed by atoms with Gasteiger partial charge in [0.1, 0.15) is 15.7 Å². The molecule has 0 spiro atoms. The molecule has 29 heavy (non-hydrogen) atoms. The highest BCUT2D eigenvalue weighted by Crippen LogP contribution is 2.29. The van der Waals surface area contributed by atoms with Crippen LogP contribution in [0.15, 0.2) is 42.5 Å². The number of amides is 1. The van der Waals surface area contributed by atoms with Crippen LogP contribution in [0.1, 0.15) is 33.4 Å². The minimum atomic E-state index is -0.975. The molecule has 0 radical (unpaired) electrons. The molecule has 0 aliphatic rings. The van der Waals surface area contributed by atoms with Crippen molar-refractivity contribution in [2.45, 2.75) is 33.8 Å². The van der Waals surface area contributed by atoms with Crippen LogP contribution in [0.3, 0.4) is 0 Å². The Bertz CT molecular complexity index is 1040. The van der Waals surface area contributed by atoms with Gasteiger partial charge in [0, 0.05) is 11.3 Å². The number of carbonyl (C=O) groups excluding carboxylic acids is 2. The third kappa shape index (κ3) is 4.68. The molecule has 1 aromatic heterocycles. The summed E-state index contributed by atoms with van der Waals surface area (Å²) in [6.45, 7) is 7.02. The quantitative estimate of drug-likeness (QED) is 0.595. The first kappa shape index (κ1) is 20.7. The van der Waals surface area contributed by atoms with Crippen LogP contribution in [0.4, 0.5) is 10.1 Å². The lowest BCUT2D eigenvalue weighted by atomic mass is 10.1. The van der Waals surface area contributed by atoms with E-state index in [-0.39, 0.29) is 5.82 Å². The number of aryl methyl sites for hydroxylation is 3. The number of anilines is 1. The largest absolute Gasteiger partial charge is 0.448 e. The zero-order chi connectivity index (χ0) is 21.1. The zero-order valence-electron chi connectivity index (χ0n) is 16.6. The lowest BCUT2D eigenvalue weighted by molar-refractivity contribution is -0.123. The van der Waals surface area contributed by atoms with Crippen molar-refractivity contribution >= 4 is 28.9 Å². The lowest BCUT2D eigenvalue weighted by Crippen LogP contribution is -2.30. The maximum atomic E-state index is 13.1. The van der Waals surface area contributed by atoms with Gasteiger partial charge in [0.15, 0.2) is 6.10 Å². The molecule has 1 atom stereocenters. The lowest BCUT2D eigenvalue weighted by Gasteiger charge is -2.16. The van der Waals surface area contributed by atoms with Gasteiger partial charge in [0.05, 0.1) is 5.69 Å². The van der Waals surface area contributed by atoms with E-state index in [0.29, 0.717) is 26.8 Å². The summed E-state index contributed by atoms with van der Waals surface area (Å²) >= 11 is 1.15. The molecule has 2 aromatic carbocycles. The fourth-order valence-electron chi connectivity index (χ4n) is 2.81. The van der Waals surface area contributed by atoms with Gasteiger partial charge in [-0.2, -0.15) is 0 Å². The Morgan fingerprint density at radius 3 is 2.31 bits per heavy atom. The van der Waals surface area contributed by atoms with Gasteiger partial charge in [0.25, 0.3) is 5.91 Å². The number of carbonyl (C=O) groups is 2. The van der Waals surface area contributed by atoms with Gasteiger partial charge in [-0.1, -0.05) is 18.2 Å². The molecular formula is C22H21FN2O3S. The molecule has 0 aliphatic carbocycles. The van der Waals surface area contributed by atoms with Crippen LogP contribution < -0.4 is 5.32 Å². The van der Waals surface area contributed by atoms with E-state index in [1.54, 1.807) is 19.1 Å². The fourth-order valence-corrected chi connectivity index (χ4v) is 3.76. The van der Waals surface area contributed by atoms with Gasteiger partial charge in [0.2, 0.25) is 0 Å². The molecule has 0 saturated heterocycles. The van der Waals surface area contributed by atoms with Crippen LogP contribution in [0, 0.1) is 26.6 Å². The number of halogens is 1. The van der Waals surface area contributed by atoms with Gasteiger partial charge < -0.3 is 10.1 Å². The minimum absolute atomic E-state index is 0.316. The average molecular weight is 412 g/mol. The monoisotopic (exact) mass is 412 g/mol. The molecule has 0 aliphatic heterocycles. The second-order valence-electron chi connectivity index (χ2n) is 6.74. The summed E-state index contributed by atoms with van der Waals surface area (Å²) in [6.07, 6.45) is -0.975. The summed E-state index contributed by atoms with van der Waals surface area (Å²) < 4.78 is 18.5. The molecule has 0 unspecified atom stereocenters. The van der Waals surface area contributed by atoms with Crippen LogP contribution in [0.5, 0.6) is 0 Å². The average Bonchev–Trinajstić information content (AvgIpc) is 3.07. The highest BCUT2D eigenvalue weighted by Gasteiger charge is 2.23. The standard InChI is InChI=1S/C22H21FN2O3S/c1-12-6-5-7-13(2)18(12)25-20(26)15(4)28-22(27)19-14(3)24-21(29-19)16-8-10-17(23)11-9-16/h5-11,15H,1-4H3,(H,25,26)/t15-/m0/s1. The normalized spacial score (nSPS) is 11.8. The van der Waals surface area contributed by atoms with Crippen LogP contribution in [0.25, 0.3) is 10.6 Å². The van der Waals surface area contributed by atoms with E-state index in [2.05, 4.69) is 10.3 Å². The van der Waals surface area contributed by atoms with E-state index in [1.807, 2.05) is 32.0 Å². The minimum Gasteiger partial charge on any atom is -0.448 e. The van der Waals surface area contributed by atoms with Crippen LogP contribution >= 0.6 is 11.3 Å². The molecule has 1 amide bonds. The summed E-state index contributed by atoms with van der Waals surface area (Å²) in [5.74, 6) is -1.36. The number of thiazole rings is 1. The Labute approximate surface area is 172 Å². The van der Waals surface area contributed by atoms with E-state index in [1.165, 1.54) is 19.1 Å². The van der Waals surface area contributed by atoms with Crippen molar-refractivity contribution in [1.82, 2.24) is 4.98 Å². The third-order valence-corrected chi connectivity index (χ3v) is 5.64. The molecular weight excluding hydrogens is 391 g/mol. The zero-order valence-corrected chi connectivity index (χ0v) is 17.4. The van der Waals surface area contributed by atoms with Crippen LogP contribution in [-0.4, -0.2) is 23.0 Å². The molecule has 3 aromatic rings. The topological polar surface area (TPSA) is 68.3 Å². The highest BCUT2D eigenvalue weighted by molar-refractivity contribution is 7.17. The Kier molecular flexibility index (Phi) is 6.08. The van der Waals surface area contributed by atoms with Crippen molar-refractivity contribution in [3.05, 3.63) is 70.0 Å². The van der Waals surface area contributed by atoms with Crippen LogP contribution in [-0.2, 0) is 9.53 Å². The molecule has 150 valence electrons. The molecule has 1 N–H and O–H groups in total. The number of aromatic nitrogens is 1. The van der Waals surface area contributed by atoms with Gasteiger partial charge in [-0.25, -0.2) is 14.2 Å². The fraction of sp³-hybridized carbons (Fsp3) is 0.227. The van der Waals surface area contributed by atoms with E-state index in [9.17, 15) is 14.0 Å². The number of rotatable bonds is 5. The van der Waals surface area contributed by atoms with Gasteiger partial charge in [-0.15, -0.1) is 11.3 Å². The van der Waals surface area contributed by atoms with Gasteiger partial charge in [-0.3, -0.25) is 4.79 Å². The number of hydrogen-bond acceptors (Lipinski definition) is 5. The summed E-state index contributed by atoms with van der Waals surface area (Å²) in [4.78, 5) is 29.7. The Hall–Kier alpha value is -3.06. The maximum Gasteiger partial charge on any atom is 0.351 e. The van der Waals surface area contributed by atoms with E-state index >= 15 is 0 Å². The van der Waals surface area contributed by atoms with Crippen molar-refractivity contribution in [3.63, 3.8) is 0 Å². The van der Waals surface area contributed by atoms with E-state index < -0.39 is 18.0 Å². The SMILES string of the molecule is Cc1cccc(C)c1NC(=O)[C@H](C)OC(=O)c1sc(-c2ccc(F)cc2)nc1C. The third-order valence-electron chi connectivity index (χ3n) is 4.46. The number of para-hydroxylation sites is 1. The van der Waals surface area contributed by atoms with E-state index in [0.717, 1.165) is 22.5 Å². The Morgan fingerprint density at radius 2 is 1.69 bits per heavy atom. The summed E-state index contributed by atoms with van der Waals surface area (Å²) in [6, 6.07) is 11.6. The first-order valence-electron chi connectivity index (χ1n) is 9.07. The number of esters is 1. The molecule has 1 heterocycles. The number of nitrogens with zero attached hydrogens (tertiary/aromatic N) is 1. The predicted molar refractivity (Wildman–Crippen MR) is 112 cm³/mol. The van der Waals surface area contributed by atoms with Gasteiger partial charge in [-0.05, 0) is 63.1 Å². The molecule has 0 fully saturated rings. The van der Waals surface area contributed by atoms with Crippen molar-refractivity contribution in [2.24, 2.45) is 0 Å². The smallest absolute Gasteiger partial charge is 0.351 e. The number of benzene rings is 2. The molecule has 0 saturated carbocycles. The first-order chi connectivity index (χ1) is 13.8. The highest BCUT2D eigenvalue weighted by atomic mass is 32.1. The van der Waals surface area contributed by atoms with Crippen molar-refractivity contribution < 1.29 is 18.7 Å². The Morgan fingerprint density at radius 1 is 1.07 bits per heavy atom. The summed E-state index contributed by atoms with van der Waals surface area (Å²) in [5.41, 5.74) is 3.78. The predicted octanol–water partition coefficient (Wildman–Crippen LogP) is 5.06. The second-order valence-corrected chi connectivity index (χ2v) is 7.74. The van der Waals surface area contributed by atoms with Gasteiger partial charge >= 0.3 is 5.97 Å². The Balaban J connectivity index is 1.71.